The number of hydrogen-bond donors (Lipinski definition) is 4. The molecule has 35 heavy (non-hydrogen) atoms. The number of hydrogen-bond acceptors (Lipinski definition) is 9. The van der Waals surface area contributed by atoms with Gasteiger partial charge in [-0.05, 0) is 37.1 Å². The van der Waals surface area contributed by atoms with Gasteiger partial charge in [-0.25, -0.2) is 0 Å². The molecule has 0 bridgehead atoms. The maximum atomic E-state index is 10.6. The van der Waals surface area contributed by atoms with Gasteiger partial charge in [0.25, 0.3) is 20.2 Å². The summed E-state index contributed by atoms with van der Waals surface area (Å²) in [4.78, 5) is -0.0556. The summed E-state index contributed by atoms with van der Waals surface area (Å²) in [5.41, 5.74) is 1.10. The maximum Gasteiger partial charge on any atom is 0.294 e. The highest BCUT2D eigenvalue weighted by atomic mass is 32.2. The van der Waals surface area contributed by atoms with Crippen LogP contribution in [0, 0.1) is 13.8 Å². The molecule has 2 aromatic carbocycles. The second-order valence-electron chi connectivity index (χ2n) is 6.77. The zero-order chi connectivity index (χ0) is 26.7. The van der Waals surface area contributed by atoms with E-state index in [1.807, 2.05) is 0 Å². The summed E-state index contributed by atoms with van der Waals surface area (Å²) < 4.78 is 74.7. The van der Waals surface area contributed by atoms with Crippen LogP contribution in [0.4, 0.5) is 0 Å². The SMILES string of the molecule is Cc1ccccc1S(=O)(=O)O.Cc1ccccc1S(=O)(=O)O.OCCOCCOCCOCCO. The zero-order valence-corrected chi connectivity index (χ0v) is 21.4. The molecular weight excluding hydrogens is 504 g/mol. The summed E-state index contributed by atoms with van der Waals surface area (Å²) in [6.07, 6.45) is 0. The Morgan fingerprint density at radius 3 is 1.09 bits per heavy atom. The minimum absolute atomic E-state index is 0.0278. The van der Waals surface area contributed by atoms with Gasteiger partial charge in [-0.2, -0.15) is 16.8 Å². The molecule has 0 spiro atoms. The van der Waals surface area contributed by atoms with E-state index in [1.54, 1.807) is 50.2 Å². The van der Waals surface area contributed by atoms with Crippen molar-refractivity contribution in [2.24, 2.45) is 0 Å². The normalized spacial score (nSPS) is 11.1. The molecule has 0 heterocycles. The standard InChI is InChI=1S/C8H18O5.2C7H8O3S/c9-1-3-11-5-7-13-8-6-12-4-2-10;2*1-6-4-2-3-5-7(6)11(8,9)10/h9-10H,1-8H2;2*2-5H,1H3,(H,8,9,10). The fourth-order valence-electron chi connectivity index (χ4n) is 2.36. The lowest BCUT2D eigenvalue weighted by Crippen LogP contribution is -2.11. The minimum Gasteiger partial charge on any atom is -0.394 e. The summed E-state index contributed by atoms with van der Waals surface area (Å²) in [5, 5.41) is 16.7. The van der Waals surface area contributed by atoms with Gasteiger partial charge in [-0.15, -0.1) is 0 Å². The van der Waals surface area contributed by atoms with Gasteiger partial charge in [-0.3, -0.25) is 9.11 Å². The lowest BCUT2D eigenvalue weighted by atomic mass is 10.2. The summed E-state index contributed by atoms with van der Waals surface area (Å²) in [6.45, 7) is 6.02. The van der Waals surface area contributed by atoms with Gasteiger partial charge < -0.3 is 24.4 Å². The van der Waals surface area contributed by atoms with Crippen molar-refractivity contribution in [2.75, 3.05) is 52.9 Å². The lowest BCUT2D eigenvalue weighted by molar-refractivity contribution is 0.00230. The van der Waals surface area contributed by atoms with Crippen LogP contribution in [0.15, 0.2) is 58.3 Å². The van der Waals surface area contributed by atoms with E-state index in [1.165, 1.54) is 12.1 Å². The highest BCUT2D eigenvalue weighted by Gasteiger charge is 2.11. The molecular formula is C22H34O11S2. The van der Waals surface area contributed by atoms with Crippen molar-refractivity contribution >= 4 is 20.2 Å². The average molecular weight is 539 g/mol. The van der Waals surface area contributed by atoms with E-state index >= 15 is 0 Å². The molecule has 0 aromatic heterocycles. The highest BCUT2D eigenvalue weighted by Crippen LogP contribution is 2.13. The van der Waals surface area contributed by atoms with E-state index in [0.29, 0.717) is 50.8 Å². The largest absolute Gasteiger partial charge is 0.394 e. The fourth-order valence-corrected chi connectivity index (χ4v) is 3.81. The maximum absolute atomic E-state index is 10.6. The number of rotatable bonds is 12. The minimum atomic E-state index is -4.03. The molecule has 0 unspecified atom stereocenters. The molecule has 0 aliphatic rings. The Kier molecular flexibility index (Phi) is 17.3. The van der Waals surface area contributed by atoms with Gasteiger partial charge in [0, 0.05) is 0 Å². The van der Waals surface area contributed by atoms with Crippen LogP contribution in [0.5, 0.6) is 0 Å². The molecule has 0 saturated carbocycles. The third kappa shape index (κ3) is 16.4. The molecule has 0 radical (unpaired) electrons. The highest BCUT2D eigenvalue weighted by molar-refractivity contribution is 7.86. The van der Waals surface area contributed by atoms with E-state index in [-0.39, 0.29) is 23.0 Å². The van der Waals surface area contributed by atoms with E-state index in [4.69, 9.17) is 33.5 Å². The Balaban J connectivity index is 0.000000497. The van der Waals surface area contributed by atoms with Gasteiger partial charge in [0.1, 0.15) is 0 Å². The van der Waals surface area contributed by atoms with Gasteiger partial charge in [0.2, 0.25) is 0 Å². The third-order valence-electron chi connectivity index (χ3n) is 3.96. The first-order valence-electron chi connectivity index (χ1n) is 10.5. The Bertz CT molecular complexity index is 955. The van der Waals surface area contributed by atoms with Crippen LogP contribution in [-0.4, -0.2) is 89.0 Å². The first-order chi connectivity index (χ1) is 16.4. The number of aryl methyl sites for hydroxylation is 2. The van der Waals surface area contributed by atoms with Crippen molar-refractivity contribution in [3.8, 4) is 0 Å². The lowest BCUT2D eigenvalue weighted by Gasteiger charge is -2.04. The smallest absolute Gasteiger partial charge is 0.294 e. The molecule has 2 rings (SSSR count). The average Bonchev–Trinajstić information content (AvgIpc) is 2.78. The topological polar surface area (TPSA) is 177 Å². The van der Waals surface area contributed by atoms with Crippen molar-refractivity contribution in [1.29, 1.82) is 0 Å². The van der Waals surface area contributed by atoms with E-state index < -0.39 is 20.2 Å². The molecule has 0 aliphatic heterocycles. The Morgan fingerprint density at radius 1 is 0.571 bits per heavy atom. The Labute approximate surface area is 206 Å². The summed E-state index contributed by atoms with van der Waals surface area (Å²) >= 11 is 0. The molecule has 0 amide bonds. The van der Waals surface area contributed by atoms with Crippen LogP contribution < -0.4 is 0 Å². The number of benzene rings is 2. The van der Waals surface area contributed by atoms with E-state index in [0.717, 1.165) is 0 Å². The molecule has 11 nitrogen and oxygen atoms in total. The number of aliphatic hydroxyl groups excluding tert-OH is 2. The second kappa shape index (κ2) is 18.3. The van der Waals surface area contributed by atoms with Crippen LogP contribution in [0.25, 0.3) is 0 Å². The molecule has 4 N–H and O–H groups in total. The van der Waals surface area contributed by atoms with Gasteiger partial charge in [0.05, 0.1) is 62.6 Å². The number of ether oxygens (including phenoxy) is 3. The molecule has 0 aliphatic carbocycles. The molecule has 0 atom stereocenters. The van der Waals surface area contributed by atoms with Crippen molar-refractivity contribution in [1.82, 2.24) is 0 Å². The van der Waals surface area contributed by atoms with Gasteiger partial charge in [-0.1, -0.05) is 36.4 Å². The Hall–Kier alpha value is -1.94. The molecule has 0 saturated heterocycles. The van der Waals surface area contributed by atoms with Crippen LogP contribution in [-0.2, 0) is 34.4 Å². The molecule has 13 heteroatoms. The number of aliphatic hydroxyl groups is 2. The second-order valence-corrected chi connectivity index (χ2v) is 9.55. The molecule has 200 valence electrons. The van der Waals surface area contributed by atoms with Crippen molar-refractivity contribution in [3.63, 3.8) is 0 Å². The van der Waals surface area contributed by atoms with Gasteiger partial charge in [0.15, 0.2) is 0 Å². The first kappa shape index (κ1) is 33.1. The van der Waals surface area contributed by atoms with Gasteiger partial charge >= 0.3 is 0 Å². The molecule has 0 fully saturated rings. The zero-order valence-electron chi connectivity index (χ0n) is 19.7. The van der Waals surface area contributed by atoms with E-state index in [9.17, 15) is 16.8 Å². The summed E-state index contributed by atoms with van der Waals surface area (Å²) in [7, 11) is -8.07. The predicted octanol–water partition coefficient (Wildman–Crippen LogP) is 1.50. The monoisotopic (exact) mass is 538 g/mol. The molecule has 2 aromatic rings. The summed E-state index contributed by atoms with van der Waals surface area (Å²) in [5.74, 6) is 0. The van der Waals surface area contributed by atoms with Crippen LogP contribution >= 0.6 is 0 Å². The van der Waals surface area contributed by atoms with Crippen molar-refractivity contribution < 1.29 is 50.4 Å². The van der Waals surface area contributed by atoms with Crippen molar-refractivity contribution in [3.05, 3.63) is 59.7 Å². The first-order valence-corrected chi connectivity index (χ1v) is 13.3. The predicted molar refractivity (Wildman–Crippen MR) is 129 cm³/mol. The fraction of sp³-hybridized carbons (Fsp3) is 0.455. The Morgan fingerprint density at radius 2 is 0.857 bits per heavy atom. The van der Waals surface area contributed by atoms with Crippen LogP contribution in [0.3, 0.4) is 0 Å². The van der Waals surface area contributed by atoms with Crippen LogP contribution in [0.1, 0.15) is 11.1 Å². The van der Waals surface area contributed by atoms with E-state index in [2.05, 4.69) is 0 Å². The summed E-state index contributed by atoms with van der Waals surface area (Å²) in [6, 6.07) is 12.5. The van der Waals surface area contributed by atoms with Crippen molar-refractivity contribution in [2.45, 2.75) is 23.6 Å². The van der Waals surface area contributed by atoms with Crippen LogP contribution in [0.2, 0.25) is 0 Å². The quantitative estimate of drug-likeness (QED) is 0.227. The third-order valence-corrected chi connectivity index (χ3v) is 5.99.